The third-order valence-electron chi connectivity index (χ3n) is 1.82. The Morgan fingerprint density at radius 1 is 1.33 bits per heavy atom. The fourth-order valence-corrected chi connectivity index (χ4v) is 1.19. The predicted molar refractivity (Wildman–Crippen MR) is 54.8 cm³/mol. The number of allylic oxidation sites excluding steroid dienone is 1. The van der Waals surface area contributed by atoms with E-state index in [0.29, 0.717) is 0 Å². The Bertz CT molecular complexity index is 300. The lowest BCUT2D eigenvalue weighted by atomic mass is 10.0. The topological polar surface area (TPSA) is 26.0 Å². The van der Waals surface area contributed by atoms with Gasteiger partial charge in [-0.2, -0.15) is 0 Å². The van der Waals surface area contributed by atoms with Gasteiger partial charge >= 0.3 is 0 Å². The number of nitrogen functional groups attached to an aromatic ring is 1. The van der Waals surface area contributed by atoms with E-state index in [2.05, 4.69) is 13.2 Å². The van der Waals surface area contributed by atoms with Crippen LogP contribution in [0.4, 0.5) is 5.69 Å². The van der Waals surface area contributed by atoms with Crippen LogP contribution in [0.2, 0.25) is 0 Å². The Kier molecular flexibility index (Phi) is 2.70. The van der Waals surface area contributed by atoms with Crippen molar-refractivity contribution in [2.45, 2.75) is 6.42 Å². The molecule has 0 spiro atoms. The molecular formula is C11H13N. The van der Waals surface area contributed by atoms with Crippen molar-refractivity contribution < 1.29 is 0 Å². The van der Waals surface area contributed by atoms with Gasteiger partial charge in [0.05, 0.1) is 0 Å². The second-order valence-corrected chi connectivity index (χ2v) is 2.61. The van der Waals surface area contributed by atoms with Gasteiger partial charge in [0.2, 0.25) is 0 Å². The van der Waals surface area contributed by atoms with E-state index in [9.17, 15) is 0 Å². The van der Waals surface area contributed by atoms with Gasteiger partial charge in [-0.3, -0.25) is 0 Å². The number of hydrogen-bond donors (Lipinski definition) is 1. The molecule has 1 aromatic carbocycles. The van der Waals surface area contributed by atoms with Crippen molar-refractivity contribution in [3.8, 4) is 0 Å². The van der Waals surface area contributed by atoms with Crippen LogP contribution in [0.25, 0.3) is 6.08 Å². The molecule has 0 radical (unpaired) electrons. The van der Waals surface area contributed by atoms with Gasteiger partial charge in [-0.15, -0.1) is 6.58 Å². The summed E-state index contributed by atoms with van der Waals surface area (Å²) in [6, 6.07) is 5.83. The van der Waals surface area contributed by atoms with Gasteiger partial charge < -0.3 is 5.73 Å². The SMILES string of the molecule is C=CCc1c(N)cccc1C=C. The van der Waals surface area contributed by atoms with Gasteiger partial charge in [-0.05, 0) is 23.6 Å². The molecule has 1 nitrogen and oxygen atoms in total. The highest BCUT2D eigenvalue weighted by molar-refractivity contribution is 5.62. The number of nitrogens with two attached hydrogens (primary N) is 1. The second-order valence-electron chi connectivity index (χ2n) is 2.61. The minimum atomic E-state index is 0.800. The second kappa shape index (κ2) is 3.77. The van der Waals surface area contributed by atoms with E-state index >= 15 is 0 Å². The molecule has 0 aliphatic carbocycles. The normalized spacial score (nSPS) is 9.33. The zero-order chi connectivity index (χ0) is 8.97. The van der Waals surface area contributed by atoms with Crippen LogP contribution in [-0.2, 0) is 6.42 Å². The maximum absolute atomic E-state index is 5.79. The molecular weight excluding hydrogens is 146 g/mol. The molecule has 0 fully saturated rings. The van der Waals surface area contributed by atoms with Crippen LogP contribution in [0, 0.1) is 0 Å². The predicted octanol–water partition coefficient (Wildman–Crippen LogP) is 2.64. The van der Waals surface area contributed by atoms with Gasteiger partial charge in [0.25, 0.3) is 0 Å². The first-order valence-corrected chi connectivity index (χ1v) is 3.90. The number of rotatable bonds is 3. The Balaban J connectivity index is 3.18. The van der Waals surface area contributed by atoms with E-state index in [-0.39, 0.29) is 0 Å². The van der Waals surface area contributed by atoms with Gasteiger partial charge in [0, 0.05) is 5.69 Å². The molecule has 0 bridgehead atoms. The molecule has 1 heteroatoms. The molecule has 0 unspecified atom stereocenters. The molecule has 62 valence electrons. The lowest BCUT2D eigenvalue weighted by Crippen LogP contribution is -1.95. The number of benzene rings is 1. The Morgan fingerprint density at radius 3 is 2.67 bits per heavy atom. The maximum atomic E-state index is 5.79. The number of anilines is 1. The van der Waals surface area contributed by atoms with Crippen LogP contribution in [0.3, 0.4) is 0 Å². The first-order valence-electron chi connectivity index (χ1n) is 3.90. The molecule has 0 heterocycles. The van der Waals surface area contributed by atoms with Crippen LogP contribution < -0.4 is 5.73 Å². The van der Waals surface area contributed by atoms with E-state index < -0.39 is 0 Å². The quantitative estimate of drug-likeness (QED) is 0.532. The fraction of sp³-hybridized carbons (Fsp3) is 0.0909. The summed E-state index contributed by atoms with van der Waals surface area (Å²) in [5.41, 5.74) is 8.81. The maximum Gasteiger partial charge on any atom is 0.0355 e. The summed E-state index contributed by atoms with van der Waals surface area (Å²) in [4.78, 5) is 0. The summed E-state index contributed by atoms with van der Waals surface area (Å²) in [6.45, 7) is 7.41. The van der Waals surface area contributed by atoms with Gasteiger partial charge in [0.1, 0.15) is 0 Å². The first kappa shape index (κ1) is 8.60. The van der Waals surface area contributed by atoms with Crippen LogP contribution in [0.5, 0.6) is 0 Å². The van der Waals surface area contributed by atoms with Crippen molar-refractivity contribution in [2.24, 2.45) is 0 Å². The third kappa shape index (κ3) is 1.56. The van der Waals surface area contributed by atoms with Crippen molar-refractivity contribution in [3.05, 3.63) is 48.6 Å². The lowest BCUT2D eigenvalue weighted by Gasteiger charge is -2.06. The highest BCUT2D eigenvalue weighted by Crippen LogP contribution is 2.18. The molecule has 0 aliphatic rings. The van der Waals surface area contributed by atoms with E-state index in [1.807, 2.05) is 30.4 Å². The van der Waals surface area contributed by atoms with Crippen molar-refractivity contribution in [2.75, 3.05) is 5.73 Å². The average Bonchev–Trinajstić information content (AvgIpc) is 2.09. The Hall–Kier alpha value is -1.50. The molecule has 0 aromatic heterocycles. The van der Waals surface area contributed by atoms with Crippen LogP contribution in [0.15, 0.2) is 37.4 Å². The molecule has 0 atom stereocenters. The fourth-order valence-electron chi connectivity index (χ4n) is 1.19. The standard InChI is InChI=1S/C11H13N/c1-3-6-10-9(4-2)7-5-8-11(10)12/h3-5,7-8H,1-2,6,12H2. The molecule has 12 heavy (non-hydrogen) atoms. The molecule has 1 aromatic rings. The number of hydrogen-bond acceptors (Lipinski definition) is 1. The highest BCUT2D eigenvalue weighted by atomic mass is 14.6. The van der Waals surface area contributed by atoms with Gasteiger partial charge in [0.15, 0.2) is 0 Å². The van der Waals surface area contributed by atoms with E-state index in [1.54, 1.807) is 0 Å². The minimum Gasteiger partial charge on any atom is -0.398 e. The molecule has 0 amide bonds. The summed E-state index contributed by atoms with van der Waals surface area (Å²) < 4.78 is 0. The molecule has 2 N–H and O–H groups in total. The van der Waals surface area contributed by atoms with Gasteiger partial charge in [-0.25, -0.2) is 0 Å². The van der Waals surface area contributed by atoms with Crippen molar-refractivity contribution >= 4 is 11.8 Å². The van der Waals surface area contributed by atoms with Crippen molar-refractivity contribution in [3.63, 3.8) is 0 Å². The van der Waals surface area contributed by atoms with Crippen LogP contribution in [-0.4, -0.2) is 0 Å². The molecule has 0 aliphatic heterocycles. The third-order valence-corrected chi connectivity index (χ3v) is 1.82. The smallest absolute Gasteiger partial charge is 0.0355 e. The van der Waals surface area contributed by atoms with Crippen molar-refractivity contribution in [1.82, 2.24) is 0 Å². The van der Waals surface area contributed by atoms with Gasteiger partial charge in [-0.1, -0.05) is 30.9 Å². The summed E-state index contributed by atoms with van der Waals surface area (Å²) in [7, 11) is 0. The first-order chi connectivity index (χ1) is 5.79. The van der Waals surface area contributed by atoms with Crippen LogP contribution >= 0.6 is 0 Å². The highest BCUT2D eigenvalue weighted by Gasteiger charge is 2.00. The van der Waals surface area contributed by atoms with Crippen molar-refractivity contribution in [1.29, 1.82) is 0 Å². The molecule has 0 saturated heterocycles. The largest absolute Gasteiger partial charge is 0.398 e. The zero-order valence-electron chi connectivity index (χ0n) is 7.09. The minimum absolute atomic E-state index is 0.800. The Labute approximate surface area is 73.2 Å². The summed E-state index contributed by atoms with van der Waals surface area (Å²) in [5, 5.41) is 0. The summed E-state index contributed by atoms with van der Waals surface area (Å²) in [5.74, 6) is 0. The average molecular weight is 159 g/mol. The molecule has 1 rings (SSSR count). The monoisotopic (exact) mass is 159 g/mol. The van der Waals surface area contributed by atoms with E-state index in [0.717, 1.165) is 23.2 Å². The zero-order valence-corrected chi connectivity index (χ0v) is 7.09. The molecule has 0 saturated carbocycles. The summed E-state index contributed by atoms with van der Waals surface area (Å²) >= 11 is 0. The lowest BCUT2D eigenvalue weighted by molar-refractivity contribution is 1.27. The van der Waals surface area contributed by atoms with E-state index in [4.69, 9.17) is 5.73 Å². The Morgan fingerprint density at radius 2 is 2.08 bits per heavy atom. The van der Waals surface area contributed by atoms with E-state index in [1.165, 1.54) is 0 Å². The van der Waals surface area contributed by atoms with Crippen LogP contribution in [0.1, 0.15) is 11.1 Å². The summed E-state index contributed by atoms with van der Waals surface area (Å²) in [6.07, 6.45) is 4.46.